The predicted octanol–water partition coefficient (Wildman–Crippen LogP) is 3.68. The Bertz CT molecular complexity index is 1010. The lowest BCUT2D eigenvalue weighted by Gasteiger charge is -2.33. The minimum atomic E-state index is -0.260. The molecule has 0 spiro atoms. The molecule has 1 aromatic carbocycles. The minimum absolute atomic E-state index is 0. The van der Waals surface area contributed by atoms with Gasteiger partial charge in [0, 0.05) is 37.3 Å². The summed E-state index contributed by atoms with van der Waals surface area (Å²) in [7, 11) is 1.85. The molecule has 158 valence electrons. The molecule has 0 aliphatic carbocycles. The Morgan fingerprint density at radius 1 is 1.30 bits per heavy atom. The minimum Gasteiger partial charge on any atom is -0.346 e. The maximum absolute atomic E-state index is 13.7. The molecule has 1 fully saturated rings. The highest BCUT2D eigenvalue weighted by molar-refractivity contribution is 9.10. The second-order valence-electron chi connectivity index (χ2n) is 7.13. The lowest BCUT2D eigenvalue weighted by Crippen LogP contribution is -2.50. The van der Waals surface area contributed by atoms with Crippen molar-refractivity contribution >= 4 is 34.2 Å². The van der Waals surface area contributed by atoms with Gasteiger partial charge in [0.1, 0.15) is 11.5 Å². The molecule has 0 bridgehead atoms. The van der Waals surface area contributed by atoms with Gasteiger partial charge < -0.3 is 10.6 Å². The number of rotatable bonds is 4. The highest BCUT2D eigenvalue weighted by Crippen LogP contribution is 2.28. The molecule has 4 rings (SSSR count). The van der Waals surface area contributed by atoms with Crippen molar-refractivity contribution in [2.75, 3.05) is 13.1 Å². The van der Waals surface area contributed by atoms with E-state index in [1.165, 1.54) is 6.07 Å². The zero-order chi connectivity index (χ0) is 20.4. The summed E-state index contributed by atoms with van der Waals surface area (Å²) >= 11 is 3.48. The summed E-state index contributed by atoms with van der Waals surface area (Å²) < 4.78 is 16.3. The molecule has 3 aromatic rings. The average Bonchev–Trinajstić information content (AvgIpc) is 3.06. The molecule has 1 aliphatic rings. The van der Waals surface area contributed by atoms with E-state index in [-0.39, 0.29) is 36.1 Å². The number of amides is 1. The third-order valence-corrected chi connectivity index (χ3v) is 5.82. The number of pyridine rings is 1. The number of nitrogens with one attached hydrogen (secondary N) is 2. The van der Waals surface area contributed by atoms with Crippen molar-refractivity contribution in [3.63, 3.8) is 0 Å². The van der Waals surface area contributed by atoms with E-state index in [4.69, 9.17) is 0 Å². The van der Waals surface area contributed by atoms with Crippen LogP contribution in [0.1, 0.15) is 28.4 Å². The van der Waals surface area contributed by atoms with Gasteiger partial charge in [-0.3, -0.25) is 14.5 Å². The maximum atomic E-state index is 13.7. The molecule has 1 amide bonds. The first kappa shape index (κ1) is 22.4. The SMILES string of the molecule is Cl.Cn1ncc(Br)c1-c1ccc(C(=O)N[C@@H]2CNCC[C@H]2c2cccc(F)c2)nc1. The van der Waals surface area contributed by atoms with Crippen LogP contribution in [0.4, 0.5) is 4.39 Å². The molecular weight excluding hydrogens is 473 g/mol. The normalized spacial score (nSPS) is 18.5. The smallest absolute Gasteiger partial charge is 0.270 e. The van der Waals surface area contributed by atoms with E-state index in [0.717, 1.165) is 34.3 Å². The van der Waals surface area contributed by atoms with Gasteiger partial charge in [-0.15, -0.1) is 12.4 Å². The molecule has 30 heavy (non-hydrogen) atoms. The van der Waals surface area contributed by atoms with Gasteiger partial charge in [-0.1, -0.05) is 12.1 Å². The van der Waals surface area contributed by atoms with Gasteiger partial charge in [0.15, 0.2) is 0 Å². The number of hydrogen-bond acceptors (Lipinski definition) is 4. The Labute approximate surface area is 188 Å². The standard InChI is InChI=1S/C21H21BrFN5O.ClH/c1-28-20(17(22)11-26-28)14-5-6-18(25-10-14)21(29)27-19-12-24-8-7-16(19)13-3-2-4-15(23)9-13;/h2-6,9-11,16,19,24H,7-8,12H2,1H3,(H,27,29);1H/t16-,19+;/m0./s1. The van der Waals surface area contributed by atoms with Crippen molar-refractivity contribution in [3.05, 3.63) is 70.3 Å². The van der Waals surface area contributed by atoms with Crippen LogP contribution in [0.15, 0.2) is 53.3 Å². The molecular formula is C21H22BrClFN5O. The number of aryl methyl sites for hydroxylation is 1. The van der Waals surface area contributed by atoms with Gasteiger partial charge in [-0.05, 0) is 58.7 Å². The van der Waals surface area contributed by atoms with E-state index in [1.54, 1.807) is 35.3 Å². The summed E-state index contributed by atoms with van der Waals surface area (Å²) in [5.74, 6) is -0.444. The topological polar surface area (TPSA) is 71.8 Å². The largest absolute Gasteiger partial charge is 0.346 e. The number of halogens is 3. The van der Waals surface area contributed by atoms with Crippen molar-refractivity contribution < 1.29 is 9.18 Å². The summed E-state index contributed by atoms with van der Waals surface area (Å²) in [5, 5.41) is 10.6. The fourth-order valence-corrected chi connectivity index (χ4v) is 4.37. The number of hydrogen-bond donors (Lipinski definition) is 2. The van der Waals surface area contributed by atoms with Crippen LogP contribution in [0.5, 0.6) is 0 Å². The van der Waals surface area contributed by atoms with E-state index >= 15 is 0 Å². The van der Waals surface area contributed by atoms with Crippen LogP contribution in [0, 0.1) is 5.82 Å². The van der Waals surface area contributed by atoms with E-state index < -0.39 is 0 Å². The molecule has 3 heterocycles. The Hall–Kier alpha value is -2.29. The third kappa shape index (κ3) is 4.71. The van der Waals surface area contributed by atoms with E-state index in [9.17, 15) is 9.18 Å². The molecule has 2 N–H and O–H groups in total. The number of nitrogens with zero attached hydrogens (tertiary/aromatic N) is 3. The van der Waals surface area contributed by atoms with E-state index in [0.29, 0.717) is 12.2 Å². The van der Waals surface area contributed by atoms with Crippen LogP contribution in [-0.2, 0) is 7.05 Å². The molecule has 0 radical (unpaired) electrons. The van der Waals surface area contributed by atoms with Gasteiger partial charge in [0.05, 0.1) is 16.4 Å². The Morgan fingerprint density at radius 2 is 2.13 bits per heavy atom. The highest BCUT2D eigenvalue weighted by atomic mass is 79.9. The highest BCUT2D eigenvalue weighted by Gasteiger charge is 2.28. The monoisotopic (exact) mass is 493 g/mol. The summed E-state index contributed by atoms with van der Waals surface area (Å²) in [6, 6.07) is 10.0. The molecule has 0 saturated carbocycles. The summed E-state index contributed by atoms with van der Waals surface area (Å²) in [6.45, 7) is 1.47. The maximum Gasteiger partial charge on any atom is 0.270 e. The van der Waals surface area contributed by atoms with Crippen molar-refractivity contribution in [3.8, 4) is 11.3 Å². The van der Waals surface area contributed by atoms with Crippen molar-refractivity contribution in [1.82, 2.24) is 25.4 Å². The van der Waals surface area contributed by atoms with Crippen LogP contribution in [0.25, 0.3) is 11.3 Å². The molecule has 1 saturated heterocycles. The number of piperidine rings is 1. The lowest BCUT2D eigenvalue weighted by molar-refractivity contribution is 0.0919. The lowest BCUT2D eigenvalue weighted by atomic mass is 9.86. The summed E-state index contributed by atoms with van der Waals surface area (Å²) in [5.41, 5.74) is 3.01. The second kappa shape index (κ2) is 9.68. The zero-order valence-corrected chi connectivity index (χ0v) is 18.7. The van der Waals surface area contributed by atoms with Gasteiger partial charge in [-0.2, -0.15) is 5.10 Å². The number of carbonyl (C=O) groups excluding carboxylic acids is 1. The quantitative estimate of drug-likeness (QED) is 0.580. The Morgan fingerprint density at radius 3 is 2.80 bits per heavy atom. The molecule has 1 aliphatic heterocycles. The van der Waals surface area contributed by atoms with Crippen molar-refractivity contribution in [1.29, 1.82) is 0 Å². The van der Waals surface area contributed by atoms with Crippen LogP contribution < -0.4 is 10.6 Å². The zero-order valence-electron chi connectivity index (χ0n) is 16.3. The van der Waals surface area contributed by atoms with Gasteiger partial charge in [-0.25, -0.2) is 4.39 Å². The molecule has 2 aromatic heterocycles. The Kier molecular flexibility index (Phi) is 7.23. The summed E-state index contributed by atoms with van der Waals surface area (Å²) in [6.07, 6.45) is 4.22. The Balaban J connectivity index is 0.00000256. The summed E-state index contributed by atoms with van der Waals surface area (Å²) in [4.78, 5) is 17.1. The van der Waals surface area contributed by atoms with Crippen molar-refractivity contribution in [2.24, 2.45) is 7.05 Å². The third-order valence-electron chi connectivity index (χ3n) is 5.24. The molecule has 2 atom stereocenters. The van der Waals surface area contributed by atoms with Gasteiger partial charge >= 0.3 is 0 Å². The van der Waals surface area contributed by atoms with Crippen LogP contribution >= 0.6 is 28.3 Å². The number of benzene rings is 1. The molecule has 6 nitrogen and oxygen atoms in total. The number of aromatic nitrogens is 3. The first-order valence-electron chi connectivity index (χ1n) is 9.44. The second-order valence-corrected chi connectivity index (χ2v) is 7.99. The van der Waals surface area contributed by atoms with E-state index in [2.05, 4.69) is 36.6 Å². The predicted molar refractivity (Wildman–Crippen MR) is 119 cm³/mol. The van der Waals surface area contributed by atoms with Crippen molar-refractivity contribution in [2.45, 2.75) is 18.4 Å². The van der Waals surface area contributed by atoms with Crippen LogP contribution in [0.2, 0.25) is 0 Å². The van der Waals surface area contributed by atoms with Crippen LogP contribution in [0.3, 0.4) is 0 Å². The molecule has 9 heteroatoms. The van der Waals surface area contributed by atoms with Gasteiger partial charge in [0.2, 0.25) is 0 Å². The molecule has 0 unspecified atom stereocenters. The van der Waals surface area contributed by atoms with Crippen LogP contribution in [-0.4, -0.2) is 39.8 Å². The fourth-order valence-electron chi connectivity index (χ4n) is 3.79. The van der Waals surface area contributed by atoms with Gasteiger partial charge in [0.25, 0.3) is 5.91 Å². The number of carbonyl (C=O) groups is 1. The average molecular weight is 495 g/mol. The van der Waals surface area contributed by atoms with E-state index in [1.807, 2.05) is 19.2 Å². The first-order chi connectivity index (χ1) is 14.0. The first-order valence-corrected chi connectivity index (χ1v) is 10.2. The fraction of sp³-hybridized carbons (Fsp3) is 0.286.